The van der Waals surface area contributed by atoms with Gasteiger partial charge in [-0.3, -0.25) is 9.59 Å². The summed E-state index contributed by atoms with van der Waals surface area (Å²) in [7, 11) is 0. The Labute approximate surface area is 201 Å². The molecule has 0 aromatic heterocycles. The van der Waals surface area contributed by atoms with E-state index in [1.54, 1.807) is 16.7 Å². The van der Waals surface area contributed by atoms with E-state index >= 15 is 0 Å². The zero-order valence-electron chi connectivity index (χ0n) is 19.0. The Morgan fingerprint density at radius 2 is 1.66 bits per heavy atom. The fraction of sp³-hybridized carbons (Fsp3) is 0.462. The maximum absolute atomic E-state index is 13.2. The summed E-state index contributed by atoms with van der Waals surface area (Å²) in [5.74, 6) is 0.982. The zero-order chi connectivity index (χ0) is 22.9. The predicted molar refractivity (Wildman–Crippen MR) is 134 cm³/mol. The molecule has 1 N–H and O–H groups in total. The topological polar surface area (TPSA) is 49.4 Å². The Morgan fingerprint density at radius 3 is 2.31 bits per heavy atom. The lowest BCUT2D eigenvalue weighted by molar-refractivity contribution is -0.139. The molecule has 0 bridgehead atoms. The van der Waals surface area contributed by atoms with E-state index in [-0.39, 0.29) is 17.9 Å². The van der Waals surface area contributed by atoms with Crippen LogP contribution in [0.2, 0.25) is 5.02 Å². The van der Waals surface area contributed by atoms with Crippen LogP contribution in [0, 0.1) is 6.92 Å². The quantitative estimate of drug-likeness (QED) is 0.505. The molecule has 172 valence electrons. The minimum atomic E-state index is -0.512. The highest BCUT2D eigenvalue weighted by molar-refractivity contribution is 7.99. The van der Waals surface area contributed by atoms with Crippen LogP contribution >= 0.6 is 23.4 Å². The van der Waals surface area contributed by atoms with Crippen LogP contribution in [0.1, 0.15) is 55.7 Å². The highest BCUT2D eigenvalue weighted by Crippen LogP contribution is 2.20. The van der Waals surface area contributed by atoms with Crippen LogP contribution in [0.4, 0.5) is 0 Å². The van der Waals surface area contributed by atoms with Crippen molar-refractivity contribution in [2.75, 3.05) is 5.75 Å². The van der Waals surface area contributed by atoms with Gasteiger partial charge in [0, 0.05) is 23.4 Å². The van der Waals surface area contributed by atoms with Crippen LogP contribution in [-0.4, -0.2) is 34.6 Å². The molecule has 2 amide bonds. The van der Waals surface area contributed by atoms with Crippen molar-refractivity contribution >= 4 is 35.2 Å². The number of amides is 2. The maximum Gasteiger partial charge on any atom is 0.242 e. The van der Waals surface area contributed by atoms with Gasteiger partial charge in [-0.2, -0.15) is 0 Å². The van der Waals surface area contributed by atoms with Crippen molar-refractivity contribution in [2.45, 2.75) is 70.3 Å². The van der Waals surface area contributed by atoms with Gasteiger partial charge in [0.1, 0.15) is 6.04 Å². The molecular weight excluding hydrogens is 440 g/mol. The van der Waals surface area contributed by atoms with Gasteiger partial charge in [-0.15, -0.1) is 11.8 Å². The van der Waals surface area contributed by atoms with Gasteiger partial charge in [-0.1, -0.05) is 72.8 Å². The van der Waals surface area contributed by atoms with E-state index in [2.05, 4.69) is 5.32 Å². The lowest BCUT2D eigenvalue weighted by Gasteiger charge is -2.31. The van der Waals surface area contributed by atoms with E-state index in [1.807, 2.05) is 62.4 Å². The van der Waals surface area contributed by atoms with Crippen molar-refractivity contribution in [2.24, 2.45) is 0 Å². The normalized spacial score (nSPS) is 15.2. The monoisotopic (exact) mass is 472 g/mol. The van der Waals surface area contributed by atoms with Gasteiger partial charge >= 0.3 is 0 Å². The molecular formula is C26H33ClN2O2S. The molecule has 0 unspecified atom stereocenters. The number of thioether (sulfide) groups is 1. The van der Waals surface area contributed by atoms with Crippen molar-refractivity contribution in [3.8, 4) is 0 Å². The summed E-state index contributed by atoms with van der Waals surface area (Å²) in [6.45, 7) is 4.31. The largest absolute Gasteiger partial charge is 0.352 e. The number of nitrogens with one attached hydrogen (secondary N) is 1. The first-order valence-corrected chi connectivity index (χ1v) is 12.9. The van der Waals surface area contributed by atoms with Crippen molar-refractivity contribution in [1.82, 2.24) is 10.2 Å². The molecule has 2 aromatic carbocycles. The summed E-state index contributed by atoms with van der Waals surface area (Å²) in [6, 6.07) is 15.5. The number of hydrogen-bond donors (Lipinski definition) is 1. The van der Waals surface area contributed by atoms with Gasteiger partial charge in [-0.05, 0) is 49.9 Å². The molecule has 0 radical (unpaired) electrons. The Kier molecular flexibility index (Phi) is 9.49. The first kappa shape index (κ1) is 24.7. The Morgan fingerprint density at radius 1 is 1.03 bits per heavy atom. The van der Waals surface area contributed by atoms with Gasteiger partial charge in [0.2, 0.25) is 11.8 Å². The van der Waals surface area contributed by atoms with Gasteiger partial charge in [-0.25, -0.2) is 0 Å². The summed E-state index contributed by atoms with van der Waals surface area (Å²) >= 11 is 7.51. The molecule has 2 aromatic rings. The second-order valence-electron chi connectivity index (χ2n) is 8.65. The zero-order valence-corrected chi connectivity index (χ0v) is 20.6. The average molecular weight is 473 g/mol. The molecule has 1 saturated carbocycles. The van der Waals surface area contributed by atoms with Gasteiger partial charge < -0.3 is 10.2 Å². The number of hydrogen-bond acceptors (Lipinski definition) is 3. The van der Waals surface area contributed by atoms with E-state index in [9.17, 15) is 9.59 Å². The fourth-order valence-electron chi connectivity index (χ4n) is 3.96. The molecule has 32 heavy (non-hydrogen) atoms. The Hall–Kier alpha value is -1.98. The van der Waals surface area contributed by atoms with Crippen LogP contribution in [-0.2, 0) is 21.9 Å². The first-order valence-electron chi connectivity index (χ1n) is 11.4. The highest BCUT2D eigenvalue weighted by Gasteiger charge is 2.28. The number of halogens is 1. The SMILES string of the molecule is Cc1ccc(CN(C(=O)CSCc2ccc(Cl)cc2)[C@H](C)C(=O)NC2CCCCC2)cc1. The second kappa shape index (κ2) is 12.3. The lowest BCUT2D eigenvalue weighted by atomic mass is 9.95. The third kappa shape index (κ3) is 7.56. The molecule has 1 aliphatic carbocycles. The number of nitrogens with zero attached hydrogens (tertiary/aromatic N) is 1. The second-order valence-corrected chi connectivity index (χ2v) is 10.1. The molecule has 3 rings (SSSR count). The summed E-state index contributed by atoms with van der Waals surface area (Å²) < 4.78 is 0. The molecule has 1 atom stereocenters. The summed E-state index contributed by atoms with van der Waals surface area (Å²) in [6.07, 6.45) is 5.62. The van der Waals surface area contributed by atoms with Crippen molar-refractivity contribution in [3.63, 3.8) is 0 Å². The van der Waals surface area contributed by atoms with Crippen molar-refractivity contribution < 1.29 is 9.59 Å². The van der Waals surface area contributed by atoms with Crippen LogP contribution in [0.25, 0.3) is 0 Å². The lowest BCUT2D eigenvalue weighted by Crippen LogP contribution is -2.50. The first-order chi connectivity index (χ1) is 15.4. The number of aryl methyl sites for hydroxylation is 1. The Bertz CT molecular complexity index is 880. The molecule has 0 spiro atoms. The minimum absolute atomic E-state index is 0.0177. The van der Waals surface area contributed by atoms with Gasteiger partial charge in [0.05, 0.1) is 5.75 Å². The van der Waals surface area contributed by atoms with Crippen LogP contribution in [0.3, 0.4) is 0 Å². The molecule has 1 aliphatic rings. The van der Waals surface area contributed by atoms with E-state index in [4.69, 9.17) is 11.6 Å². The average Bonchev–Trinajstić information content (AvgIpc) is 2.80. The molecule has 0 heterocycles. The number of carbonyl (C=O) groups is 2. The standard InChI is InChI=1S/C26H33ClN2O2S/c1-19-8-10-21(11-9-19)16-29(20(2)26(31)28-24-6-4-3-5-7-24)25(30)18-32-17-22-12-14-23(27)15-13-22/h8-15,20,24H,3-7,16-18H2,1-2H3,(H,28,31)/t20-/m1/s1. The number of rotatable bonds is 9. The molecule has 1 fully saturated rings. The van der Waals surface area contributed by atoms with E-state index < -0.39 is 6.04 Å². The summed E-state index contributed by atoms with van der Waals surface area (Å²) in [5.41, 5.74) is 3.33. The van der Waals surface area contributed by atoms with Gasteiger partial charge in [0.15, 0.2) is 0 Å². The molecule has 6 heteroatoms. The number of benzene rings is 2. The smallest absolute Gasteiger partial charge is 0.242 e. The van der Waals surface area contributed by atoms with Crippen LogP contribution in [0.15, 0.2) is 48.5 Å². The molecule has 0 aliphatic heterocycles. The minimum Gasteiger partial charge on any atom is -0.352 e. The third-order valence-corrected chi connectivity index (χ3v) is 7.24. The molecule has 4 nitrogen and oxygen atoms in total. The summed E-state index contributed by atoms with van der Waals surface area (Å²) in [4.78, 5) is 27.9. The van der Waals surface area contributed by atoms with E-state index in [0.717, 1.165) is 42.6 Å². The Balaban J connectivity index is 1.64. The van der Waals surface area contributed by atoms with E-state index in [0.29, 0.717) is 17.3 Å². The summed E-state index contributed by atoms with van der Waals surface area (Å²) in [5, 5.41) is 3.89. The van der Waals surface area contributed by atoms with Gasteiger partial charge in [0.25, 0.3) is 0 Å². The third-order valence-electron chi connectivity index (χ3n) is 6.00. The fourth-order valence-corrected chi connectivity index (χ4v) is 4.96. The van der Waals surface area contributed by atoms with Crippen LogP contribution < -0.4 is 5.32 Å². The predicted octanol–water partition coefficient (Wildman–Crippen LogP) is 5.75. The highest BCUT2D eigenvalue weighted by atomic mass is 35.5. The number of carbonyl (C=O) groups excluding carboxylic acids is 2. The van der Waals surface area contributed by atoms with Crippen LogP contribution in [0.5, 0.6) is 0 Å². The van der Waals surface area contributed by atoms with Crippen molar-refractivity contribution in [1.29, 1.82) is 0 Å². The molecule has 0 saturated heterocycles. The maximum atomic E-state index is 13.2. The van der Waals surface area contributed by atoms with E-state index in [1.165, 1.54) is 12.0 Å². The van der Waals surface area contributed by atoms with Crippen molar-refractivity contribution in [3.05, 3.63) is 70.2 Å².